The van der Waals surface area contributed by atoms with E-state index in [0.717, 1.165) is 31.2 Å². The molecule has 0 spiro atoms. The fraction of sp³-hybridized carbons (Fsp3) is 0.529. The molecule has 1 aromatic rings. The monoisotopic (exact) mass is 290 g/mol. The van der Waals surface area contributed by atoms with Crippen LogP contribution in [0.2, 0.25) is 0 Å². The second-order valence-corrected chi connectivity index (χ2v) is 5.54. The highest BCUT2D eigenvalue weighted by atomic mass is 16.5. The first-order chi connectivity index (χ1) is 10.1. The molecule has 0 atom stereocenters. The fourth-order valence-corrected chi connectivity index (χ4v) is 2.42. The molecule has 0 heterocycles. The van der Waals surface area contributed by atoms with E-state index in [1.54, 1.807) is 12.1 Å². The molecule has 114 valence electrons. The standard InChI is InChI=1S/C17H22O4/c1-13-7-9-15(10-8-13)21-17(19)12-11-16(18)20-14-5-3-2-4-6-14/h7-10,14H,2-6,11-12H2,1H3. The third-order valence-electron chi connectivity index (χ3n) is 3.64. The summed E-state index contributed by atoms with van der Waals surface area (Å²) in [5.74, 6) is -0.201. The number of ether oxygens (including phenoxy) is 2. The molecule has 0 aliphatic heterocycles. The number of hydrogen-bond acceptors (Lipinski definition) is 4. The number of aryl methyl sites for hydroxylation is 1. The number of benzene rings is 1. The van der Waals surface area contributed by atoms with Gasteiger partial charge in [-0.15, -0.1) is 0 Å². The molecule has 0 amide bonds. The molecule has 0 radical (unpaired) electrons. The Bertz CT molecular complexity index is 472. The summed E-state index contributed by atoms with van der Waals surface area (Å²) in [6.45, 7) is 1.97. The van der Waals surface area contributed by atoms with Crippen LogP contribution in [0.1, 0.15) is 50.5 Å². The van der Waals surface area contributed by atoms with Crippen LogP contribution >= 0.6 is 0 Å². The van der Waals surface area contributed by atoms with Crippen LogP contribution in [-0.2, 0) is 14.3 Å². The predicted molar refractivity (Wildman–Crippen MR) is 79.0 cm³/mol. The van der Waals surface area contributed by atoms with Crippen molar-refractivity contribution in [1.82, 2.24) is 0 Å². The Kier molecular flexibility index (Phi) is 5.78. The molecule has 4 nitrogen and oxygen atoms in total. The van der Waals surface area contributed by atoms with Gasteiger partial charge in [-0.1, -0.05) is 24.1 Å². The Morgan fingerprint density at radius 2 is 1.62 bits per heavy atom. The first-order valence-electron chi connectivity index (χ1n) is 7.60. The fourth-order valence-electron chi connectivity index (χ4n) is 2.42. The molecule has 4 heteroatoms. The number of carbonyl (C=O) groups excluding carboxylic acids is 2. The highest BCUT2D eigenvalue weighted by Crippen LogP contribution is 2.21. The molecule has 0 unspecified atom stereocenters. The molecule has 1 aliphatic carbocycles. The Morgan fingerprint density at radius 3 is 2.29 bits per heavy atom. The Labute approximate surface area is 125 Å². The molecule has 0 bridgehead atoms. The van der Waals surface area contributed by atoms with Gasteiger partial charge in [0.2, 0.25) is 0 Å². The Morgan fingerprint density at radius 1 is 1.00 bits per heavy atom. The third-order valence-corrected chi connectivity index (χ3v) is 3.64. The zero-order chi connectivity index (χ0) is 15.1. The minimum Gasteiger partial charge on any atom is -0.462 e. The molecule has 1 aromatic carbocycles. The van der Waals surface area contributed by atoms with E-state index in [2.05, 4.69) is 0 Å². The van der Waals surface area contributed by atoms with E-state index in [4.69, 9.17) is 9.47 Å². The lowest BCUT2D eigenvalue weighted by Gasteiger charge is -2.21. The lowest BCUT2D eigenvalue weighted by atomic mass is 9.98. The summed E-state index contributed by atoms with van der Waals surface area (Å²) in [7, 11) is 0. The van der Waals surface area contributed by atoms with Gasteiger partial charge in [0.05, 0.1) is 12.8 Å². The van der Waals surface area contributed by atoms with Crippen LogP contribution in [0.5, 0.6) is 5.75 Å². The quantitative estimate of drug-likeness (QED) is 0.614. The van der Waals surface area contributed by atoms with E-state index in [1.165, 1.54) is 6.42 Å². The lowest BCUT2D eigenvalue weighted by molar-refractivity contribution is -0.152. The van der Waals surface area contributed by atoms with Crippen LogP contribution in [0.4, 0.5) is 0 Å². The van der Waals surface area contributed by atoms with Gasteiger partial charge in [0, 0.05) is 0 Å². The first kappa shape index (κ1) is 15.5. The summed E-state index contributed by atoms with van der Waals surface area (Å²) in [6, 6.07) is 7.24. The van der Waals surface area contributed by atoms with Gasteiger partial charge in [-0.25, -0.2) is 0 Å². The van der Waals surface area contributed by atoms with Crippen molar-refractivity contribution >= 4 is 11.9 Å². The molecule has 1 saturated carbocycles. The van der Waals surface area contributed by atoms with Crippen LogP contribution in [0.15, 0.2) is 24.3 Å². The van der Waals surface area contributed by atoms with Gasteiger partial charge in [0.1, 0.15) is 11.9 Å². The molecule has 2 rings (SSSR count). The van der Waals surface area contributed by atoms with E-state index in [0.29, 0.717) is 5.75 Å². The number of hydrogen-bond donors (Lipinski definition) is 0. The summed E-state index contributed by atoms with van der Waals surface area (Å²) in [6.07, 6.45) is 5.52. The van der Waals surface area contributed by atoms with Crippen LogP contribution < -0.4 is 4.74 Å². The molecule has 1 fully saturated rings. The normalized spacial score (nSPS) is 15.5. The van der Waals surface area contributed by atoms with E-state index >= 15 is 0 Å². The summed E-state index contributed by atoms with van der Waals surface area (Å²) >= 11 is 0. The van der Waals surface area contributed by atoms with Crippen molar-refractivity contribution in [2.45, 2.75) is 58.0 Å². The van der Waals surface area contributed by atoms with E-state index < -0.39 is 5.97 Å². The SMILES string of the molecule is Cc1ccc(OC(=O)CCC(=O)OC2CCCCC2)cc1. The molecule has 0 N–H and O–H groups in total. The smallest absolute Gasteiger partial charge is 0.311 e. The van der Waals surface area contributed by atoms with Gasteiger partial charge in [0.15, 0.2) is 0 Å². The van der Waals surface area contributed by atoms with Gasteiger partial charge in [-0.3, -0.25) is 9.59 Å². The highest BCUT2D eigenvalue weighted by Gasteiger charge is 2.18. The lowest BCUT2D eigenvalue weighted by Crippen LogP contribution is -2.21. The zero-order valence-corrected chi connectivity index (χ0v) is 12.5. The molecule has 0 aromatic heterocycles. The topological polar surface area (TPSA) is 52.6 Å². The van der Waals surface area contributed by atoms with Gasteiger partial charge >= 0.3 is 11.9 Å². The zero-order valence-electron chi connectivity index (χ0n) is 12.5. The van der Waals surface area contributed by atoms with Crippen molar-refractivity contribution in [3.8, 4) is 5.75 Å². The second kappa shape index (κ2) is 7.81. The molecular formula is C17H22O4. The van der Waals surface area contributed by atoms with Crippen molar-refractivity contribution in [1.29, 1.82) is 0 Å². The van der Waals surface area contributed by atoms with Crippen molar-refractivity contribution in [3.63, 3.8) is 0 Å². The average Bonchev–Trinajstić information content (AvgIpc) is 2.49. The van der Waals surface area contributed by atoms with Crippen LogP contribution in [0, 0.1) is 6.92 Å². The maximum atomic E-state index is 11.7. The minimum atomic E-state index is -0.403. The van der Waals surface area contributed by atoms with Gasteiger partial charge in [-0.05, 0) is 44.7 Å². The Hall–Kier alpha value is -1.84. The summed E-state index contributed by atoms with van der Waals surface area (Å²) in [4.78, 5) is 23.3. The number of esters is 2. The van der Waals surface area contributed by atoms with Crippen molar-refractivity contribution < 1.29 is 19.1 Å². The summed E-state index contributed by atoms with van der Waals surface area (Å²) in [5, 5.41) is 0. The molecular weight excluding hydrogens is 268 g/mol. The van der Waals surface area contributed by atoms with E-state index in [1.807, 2.05) is 19.1 Å². The van der Waals surface area contributed by atoms with Crippen LogP contribution in [0.25, 0.3) is 0 Å². The average molecular weight is 290 g/mol. The Balaban J connectivity index is 1.68. The van der Waals surface area contributed by atoms with Gasteiger partial charge < -0.3 is 9.47 Å². The van der Waals surface area contributed by atoms with Crippen molar-refractivity contribution in [3.05, 3.63) is 29.8 Å². The second-order valence-electron chi connectivity index (χ2n) is 5.54. The number of rotatable bonds is 5. The maximum Gasteiger partial charge on any atom is 0.311 e. The molecule has 1 aliphatic rings. The molecule has 0 saturated heterocycles. The van der Waals surface area contributed by atoms with Crippen LogP contribution in [0.3, 0.4) is 0 Å². The largest absolute Gasteiger partial charge is 0.462 e. The predicted octanol–water partition coefficient (Wildman–Crippen LogP) is 3.56. The summed E-state index contributed by atoms with van der Waals surface area (Å²) < 4.78 is 10.5. The van der Waals surface area contributed by atoms with E-state index in [9.17, 15) is 9.59 Å². The van der Waals surface area contributed by atoms with Crippen molar-refractivity contribution in [2.24, 2.45) is 0 Å². The minimum absolute atomic E-state index is 0.0411. The highest BCUT2D eigenvalue weighted by molar-refractivity contribution is 5.79. The third kappa shape index (κ3) is 5.58. The van der Waals surface area contributed by atoms with Crippen molar-refractivity contribution in [2.75, 3.05) is 0 Å². The van der Waals surface area contributed by atoms with Gasteiger partial charge in [-0.2, -0.15) is 0 Å². The maximum absolute atomic E-state index is 11.7. The van der Waals surface area contributed by atoms with Crippen LogP contribution in [-0.4, -0.2) is 18.0 Å². The molecule has 21 heavy (non-hydrogen) atoms. The van der Waals surface area contributed by atoms with Gasteiger partial charge in [0.25, 0.3) is 0 Å². The number of carbonyl (C=O) groups is 2. The van der Waals surface area contributed by atoms with E-state index in [-0.39, 0.29) is 24.9 Å². The first-order valence-corrected chi connectivity index (χ1v) is 7.60. The summed E-state index contributed by atoms with van der Waals surface area (Å²) in [5.41, 5.74) is 1.10.